The number of ketones is 1. The van der Waals surface area contributed by atoms with E-state index in [1.165, 1.54) is 0 Å². The third-order valence-corrected chi connectivity index (χ3v) is 10.4. The number of aliphatic hydroxyl groups excluding tert-OH is 1. The van der Waals surface area contributed by atoms with Crippen LogP contribution in [0, 0.1) is 39.7 Å². The van der Waals surface area contributed by atoms with Gasteiger partial charge in [0.25, 0.3) is 0 Å². The Labute approximate surface area is 235 Å². The number of hydrogen-bond acceptors (Lipinski definition) is 7. The van der Waals surface area contributed by atoms with Gasteiger partial charge < -0.3 is 29.1 Å². The van der Waals surface area contributed by atoms with Crippen LogP contribution in [-0.4, -0.2) is 47.8 Å². The Morgan fingerprint density at radius 2 is 2.00 bits per heavy atom. The molecule has 0 aromatic heterocycles. The molecule has 2 N–H and O–H groups in total. The molecular weight excluding hydrogens is 521 g/mol. The van der Waals surface area contributed by atoms with Crippen molar-refractivity contribution in [2.75, 3.05) is 6.61 Å². The van der Waals surface area contributed by atoms with E-state index in [1.54, 1.807) is 13.0 Å². The second kappa shape index (κ2) is 11.2. The Balaban J connectivity index is 1.61. The number of hydrogen-bond donors (Lipinski definition) is 2. The van der Waals surface area contributed by atoms with Crippen LogP contribution in [0.4, 0.5) is 8.78 Å². The molecule has 2 bridgehead atoms. The van der Waals surface area contributed by atoms with Gasteiger partial charge in [0.05, 0.1) is 12.7 Å². The van der Waals surface area contributed by atoms with E-state index in [2.05, 4.69) is 20.4 Å². The minimum absolute atomic E-state index is 0.0927. The second-order valence-electron chi connectivity index (χ2n) is 12.8. The van der Waals surface area contributed by atoms with Crippen molar-refractivity contribution in [3.8, 4) is 5.75 Å². The van der Waals surface area contributed by atoms with Crippen LogP contribution < -0.4 is 10.2 Å². The van der Waals surface area contributed by atoms with Crippen LogP contribution in [0.3, 0.4) is 0 Å². The molecule has 2 aliphatic carbocycles. The van der Waals surface area contributed by atoms with Crippen LogP contribution in [0.5, 0.6) is 5.75 Å². The quantitative estimate of drug-likeness (QED) is 0.278. The van der Waals surface area contributed by atoms with Crippen LogP contribution in [0.15, 0.2) is 18.7 Å². The summed E-state index contributed by atoms with van der Waals surface area (Å²) in [4.78, 5) is 25.2. The van der Waals surface area contributed by atoms with Gasteiger partial charge in [0.2, 0.25) is 0 Å². The summed E-state index contributed by atoms with van der Waals surface area (Å²) >= 11 is 0. The zero-order valence-electron chi connectivity index (χ0n) is 24.1. The van der Waals surface area contributed by atoms with Gasteiger partial charge in [-0.1, -0.05) is 33.8 Å². The van der Waals surface area contributed by atoms with Gasteiger partial charge in [0.15, 0.2) is 24.0 Å². The maximum atomic E-state index is 15.0. The predicted molar refractivity (Wildman–Crippen MR) is 146 cm³/mol. The van der Waals surface area contributed by atoms with Crippen molar-refractivity contribution < 1.29 is 42.6 Å². The molecule has 1 aromatic rings. The molecule has 220 valence electrons. The van der Waals surface area contributed by atoms with Crippen molar-refractivity contribution in [2.45, 2.75) is 92.0 Å². The summed E-state index contributed by atoms with van der Waals surface area (Å²) in [6, 6.07) is 1.02. The van der Waals surface area contributed by atoms with Gasteiger partial charge in [-0.15, -0.1) is 6.58 Å². The van der Waals surface area contributed by atoms with Gasteiger partial charge in [-0.05, 0) is 67.9 Å². The van der Waals surface area contributed by atoms with Crippen LogP contribution >= 0.6 is 0 Å². The van der Waals surface area contributed by atoms with E-state index in [-0.39, 0.29) is 40.7 Å². The normalized spacial score (nSPS) is 35.4. The van der Waals surface area contributed by atoms with E-state index in [9.17, 15) is 28.5 Å². The van der Waals surface area contributed by atoms with E-state index in [1.807, 2.05) is 13.8 Å². The molecule has 7 nitrogen and oxygen atoms in total. The first-order valence-corrected chi connectivity index (χ1v) is 14.1. The summed E-state index contributed by atoms with van der Waals surface area (Å²) in [6.45, 7) is 12.9. The zero-order valence-corrected chi connectivity index (χ0v) is 24.1. The summed E-state index contributed by atoms with van der Waals surface area (Å²) in [5.74, 6) is -3.56. The van der Waals surface area contributed by atoms with Crippen molar-refractivity contribution in [2.24, 2.45) is 28.1 Å². The molecule has 0 radical (unpaired) electrons. The number of fused-ring (bicyclic) bond motifs is 3. The van der Waals surface area contributed by atoms with Gasteiger partial charge in [0.1, 0.15) is 11.9 Å². The van der Waals surface area contributed by atoms with Gasteiger partial charge >= 0.3 is 13.1 Å². The minimum atomic E-state index is -1.54. The number of esters is 1. The Morgan fingerprint density at radius 1 is 1.30 bits per heavy atom. The molecule has 40 heavy (non-hydrogen) atoms. The highest BCUT2D eigenvalue weighted by Gasteiger charge is 2.58. The Hall–Kier alpha value is -2.30. The first-order chi connectivity index (χ1) is 18.7. The molecule has 1 aliphatic heterocycles. The fourth-order valence-electron chi connectivity index (χ4n) is 7.34. The van der Waals surface area contributed by atoms with Crippen LogP contribution in [-0.2, 0) is 25.6 Å². The second-order valence-corrected chi connectivity index (χ2v) is 12.8. The summed E-state index contributed by atoms with van der Waals surface area (Å²) < 4.78 is 45.8. The van der Waals surface area contributed by atoms with E-state index in [4.69, 9.17) is 14.1 Å². The highest BCUT2D eigenvalue weighted by Crippen LogP contribution is 2.62. The number of Topliss-reactive ketones (excluding diaryl/α,β-unsaturated/α-hetero) is 1. The largest absolute Gasteiger partial charge is 0.494 e. The first kappa shape index (κ1) is 30.7. The molecule has 4 rings (SSSR count). The molecule has 2 saturated carbocycles. The number of rotatable bonds is 8. The lowest BCUT2D eigenvalue weighted by Crippen LogP contribution is -2.58. The molecule has 1 aromatic carbocycles. The number of carbonyl (C=O) groups excluding carboxylic acids is 2. The van der Waals surface area contributed by atoms with Gasteiger partial charge in [-0.25, -0.2) is 13.6 Å². The molecule has 0 saturated heterocycles. The smallest absolute Gasteiger partial charge is 0.476 e. The number of aliphatic hydroxyl groups is 1. The predicted octanol–water partition coefficient (Wildman–Crippen LogP) is 4.25. The minimum Gasteiger partial charge on any atom is -0.476 e. The maximum absolute atomic E-state index is 15.0. The monoisotopic (exact) mass is 562 g/mol. The molecule has 3 aliphatic rings. The van der Waals surface area contributed by atoms with Crippen LogP contribution in [0.1, 0.15) is 78.7 Å². The molecule has 10 heteroatoms. The van der Waals surface area contributed by atoms with Crippen molar-refractivity contribution >= 4 is 24.3 Å². The fourth-order valence-corrected chi connectivity index (χ4v) is 7.34. The maximum Gasteiger partial charge on any atom is 0.494 e. The topological polar surface area (TPSA) is 102 Å². The zero-order chi connectivity index (χ0) is 29.6. The molecule has 0 amide bonds. The number of benzene rings is 1. The fraction of sp³-hybridized carbons (Fsp3) is 0.667. The van der Waals surface area contributed by atoms with Gasteiger partial charge in [-0.2, -0.15) is 0 Å². The van der Waals surface area contributed by atoms with Gasteiger partial charge in [0, 0.05) is 22.7 Å². The van der Waals surface area contributed by atoms with Crippen LogP contribution in [0.2, 0.25) is 0 Å². The molecule has 2 fully saturated rings. The Kier molecular flexibility index (Phi) is 8.57. The van der Waals surface area contributed by atoms with E-state index in [0.717, 1.165) is 18.9 Å². The summed E-state index contributed by atoms with van der Waals surface area (Å²) in [5, 5.41) is 21.5. The molecule has 1 heterocycles. The SMILES string of the molecule is C=C[C@]1(C)C[C@@H](OC(=O)COc2c(F)cc3c(c2F)B(O)OC3)[C@@]2(C)C[C@](CCC(C)=O)(CC[C@H]2C)[C@@H](C)[C@@H]1O. The third-order valence-electron chi connectivity index (χ3n) is 10.4. The summed E-state index contributed by atoms with van der Waals surface area (Å²) in [6.07, 6.45) is 3.97. The third kappa shape index (κ3) is 5.34. The van der Waals surface area contributed by atoms with E-state index < -0.39 is 60.1 Å². The lowest BCUT2D eigenvalue weighted by Gasteiger charge is -2.60. The molecular formula is C30H41BF2O7. The van der Waals surface area contributed by atoms with Crippen molar-refractivity contribution in [1.82, 2.24) is 0 Å². The van der Waals surface area contributed by atoms with E-state index >= 15 is 0 Å². The lowest BCUT2D eigenvalue weighted by molar-refractivity contribution is -0.190. The molecule has 0 unspecified atom stereocenters. The average molecular weight is 562 g/mol. The molecule has 7 atom stereocenters. The van der Waals surface area contributed by atoms with Crippen molar-refractivity contribution in [3.05, 3.63) is 35.9 Å². The average Bonchev–Trinajstić information content (AvgIpc) is 3.27. The summed E-state index contributed by atoms with van der Waals surface area (Å²) in [7, 11) is -1.54. The Bertz CT molecular complexity index is 1180. The standard InChI is InChI=1S/C30H41BF2O7/c1-7-28(5)13-22(29(6)16-30(10-8-17(29)2,11-9-18(3)34)19(4)27(28)36)40-23(35)15-38-26-21(32)12-20-14-39-31(37)24(20)25(26)33/h7,12,17,19,22,27,36-37H,1,8-11,13-16H2,2-6H3/t17-,19+,22-,27+,28-,29+,30-/m1/s1. The van der Waals surface area contributed by atoms with Gasteiger partial charge in [-0.3, -0.25) is 0 Å². The van der Waals surface area contributed by atoms with Crippen molar-refractivity contribution in [1.29, 1.82) is 0 Å². The first-order valence-electron chi connectivity index (χ1n) is 14.1. The number of halogens is 2. The Morgan fingerprint density at radius 3 is 2.65 bits per heavy atom. The van der Waals surface area contributed by atoms with Crippen LogP contribution in [0.25, 0.3) is 0 Å². The summed E-state index contributed by atoms with van der Waals surface area (Å²) in [5.41, 5.74) is -1.65. The lowest BCUT2D eigenvalue weighted by atomic mass is 9.47. The highest BCUT2D eigenvalue weighted by atomic mass is 19.1. The number of ether oxygens (including phenoxy) is 2. The number of carbonyl (C=O) groups is 2. The van der Waals surface area contributed by atoms with E-state index in [0.29, 0.717) is 25.7 Å². The highest BCUT2D eigenvalue weighted by molar-refractivity contribution is 6.61. The molecule has 0 spiro atoms. The van der Waals surface area contributed by atoms with Crippen molar-refractivity contribution in [3.63, 3.8) is 0 Å².